The van der Waals surface area contributed by atoms with Gasteiger partial charge in [0.05, 0.1) is 27.7 Å². The topological polar surface area (TPSA) is 125 Å². The van der Waals surface area contributed by atoms with Crippen molar-refractivity contribution in [3.8, 4) is 33.2 Å². The Balaban J connectivity index is 1.38. The molecule has 0 atom stereocenters. The summed E-state index contributed by atoms with van der Waals surface area (Å²) in [5, 5.41) is 11.3. The summed E-state index contributed by atoms with van der Waals surface area (Å²) in [4.78, 5) is 36.3. The molecule has 3 N–H and O–H groups in total. The Morgan fingerprint density at radius 2 is 1.92 bits per heavy atom. The van der Waals surface area contributed by atoms with Gasteiger partial charge in [-0.05, 0) is 43.2 Å². The highest BCUT2D eigenvalue weighted by atomic mass is 32.1. The number of imidazole rings is 1. The first kappa shape index (κ1) is 23.0. The molecule has 0 aliphatic carbocycles. The molecular weight excluding hydrogens is 484 g/mol. The predicted molar refractivity (Wildman–Crippen MR) is 146 cm³/mol. The summed E-state index contributed by atoms with van der Waals surface area (Å²) in [6.45, 7) is 6.11. The molecule has 0 bridgehead atoms. The quantitative estimate of drug-likeness (QED) is 0.254. The van der Waals surface area contributed by atoms with Crippen molar-refractivity contribution in [1.29, 1.82) is 0 Å². The van der Waals surface area contributed by atoms with Crippen LogP contribution in [-0.4, -0.2) is 41.0 Å². The summed E-state index contributed by atoms with van der Waals surface area (Å²) in [6, 6.07) is 9.98. The first-order valence-corrected chi connectivity index (χ1v) is 12.8. The van der Waals surface area contributed by atoms with Gasteiger partial charge in [0.2, 0.25) is 5.91 Å². The van der Waals surface area contributed by atoms with E-state index < -0.39 is 0 Å². The maximum absolute atomic E-state index is 12.2. The van der Waals surface area contributed by atoms with E-state index >= 15 is 0 Å². The second-order valence-electron chi connectivity index (χ2n) is 9.35. The molecule has 0 aromatic carbocycles. The first-order chi connectivity index (χ1) is 17.9. The fourth-order valence-electron chi connectivity index (χ4n) is 4.28. The van der Waals surface area contributed by atoms with Crippen molar-refractivity contribution in [3.63, 3.8) is 0 Å². The lowest BCUT2D eigenvalue weighted by molar-refractivity contribution is -0.116. The third-order valence-electron chi connectivity index (χ3n) is 5.96. The second kappa shape index (κ2) is 9.21. The molecule has 0 radical (unpaired) electrons. The van der Waals surface area contributed by atoms with Crippen molar-refractivity contribution in [2.45, 2.75) is 27.2 Å². The van der Waals surface area contributed by atoms with Crippen LogP contribution in [-0.2, 0) is 4.79 Å². The second-order valence-corrected chi connectivity index (χ2v) is 10.6. The van der Waals surface area contributed by atoms with Gasteiger partial charge in [-0.2, -0.15) is 5.10 Å². The van der Waals surface area contributed by atoms with Gasteiger partial charge < -0.3 is 10.3 Å². The number of thiophene rings is 1. The Morgan fingerprint density at radius 1 is 1.05 bits per heavy atom. The molecule has 1 amide bonds. The van der Waals surface area contributed by atoms with Crippen LogP contribution in [0.4, 0.5) is 5.69 Å². The van der Waals surface area contributed by atoms with E-state index in [1.807, 2.05) is 32.0 Å². The molecule has 6 heterocycles. The summed E-state index contributed by atoms with van der Waals surface area (Å²) in [7, 11) is 0. The highest BCUT2D eigenvalue weighted by molar-refractivity contribution is 7.15. The lowest BCUT2D eigenvalue weighted by Crippen LogP contribution is -2.13. The van der Waals surface area contributed by atoms with Gasteiger partial charge in [0.15, 0.2) is 11.5 Å². The van der Waals surface area contributed by atoms with Crippen molar-refractivity contribution in [3.05, 3.63) is 60.0 Å². The summed E-state index contributed by atoms with van der Waals surface area (Å²) >= 11 is 1.69. The van der Waals surface area contributed by atoms with Gasteiger partial charge in [0.1, 0.15) is 16.9 Å². The number of carbonyl (C=O) groups excluding carboxylic acids is 1. The highest BCUT2D eigenvalue weighted by Gasteiger charge is 2.18. The van der Waals surface area contributed by atoms with E-state index in [4.69, 9.17) is 4.98 Å². The minimum absolute atomic E-state index is 0.0314. The third-order valence-corrected chi connectivity index (χ3v) is 6.97. The smallest absolute Gasteiger partial charge is 0.224 e. The number of fused-ring (bicyclic) bond motifs is 2. The molecule has 0 spiro atoms. The summed E-state index contributed by atoms with van der Waals surface area (Å²) in [6.07, 6.45) is 7.41. The number of hydrogen-bond acceptors (Lipinski definition) is 7. The zero-order valence-electron chi connectivity index (χ0n) is 20.5. The Hall–Kier alpha value is -4.44. The van der Waals surface area contributed by atoms with E-state index in [-0.39, 0.29) is 11.8 Å². The maximum Gasteiger partial charge on any atom is 0.224 e. The zero-order valence-corrected chi connectivity index (χ0v) is 21.3. The molecule has 6 aromatic heterocycles. The van der Waals surface area contributed by atoms with E-state index in [2.05, 4.69) is 54.5 Å². The molecule has 0 aliphatic heterocycles. The van der Waals surface area contributed by atoms with Crippen LogP contribution in [0.5, 0.6) is 0 Å². The van der Waals surface area contributed by atoms with Crippen LogP contribution >= 0.6 is 11.3 Å². The standard InChI is InChI=1S/C27H24N8OS/c1-14(2)8-22(36)31-18-9-16(11-28-13-18)17-10-19-23(34-35-26(19)30-12-17)27-32-20-6-7-29-25(24(20)33-27)21-5-4-15(3)37-21/h4-7,9-14H,8H2,1-3H3,(H,31,36)(H,32,33)(H,30,34,35). The highest BCUT2D eigenvalue weighted by Crippen LogP contribution is 2.34. The Labute approximate surface area is 216 Å². The van der Waals surface area contributed by atoms with Gasteiger partial charge >= 0.3 is 0 Å². The number of rotatable bonds is 6. The minimum Gasteiger partial charge on any atom is -0.336 e. The van der Waals surface area contributed by atoms with Gasteiger partial charge in [-0.15, -0.1) is 11.3 Å². The minimum atomic E-state index is -0.0314. The van der Waals surface area contributed by atoms with Gasteiger partial charge in [-0.25, -0.2) is 9.97 Å². The van der Waals surface area contributed by atoms with E-state index in [1.54, 1.807) is 36.1 Å². The summed E-state index contributed by atoms with van der Waals surface area (Å²) in [5.74, 6) is 0.883. The lowest BCUT2D eigenvalue weighted by atomic mass is 10.1. The number of hydrogen-bond donors (Lipinski definition) is 3. The molecule has 9 nitrogen and oxygen atoms in total. The van der Waals surface area contributed by atoms with Crippen LogP contribution in [0.1, 0.15) is 25.1 Å². The average Bonchev–Trinajstić information content (AvgIpc) is 3.60. The Morgan fingerprint density at radius 3 is 2.73 bits per heavy atom. The van der Waals surface area contributed by atoms with Gasteiger partial charge in [-0.3, -0.25) is 19.9 Å². The van der Waals surface area contributed by atoms with Crippen molar-refractivity contribution in [2.75, 3.05) is 5.32 Å². The Bertz CT molecular complexity index is 1760. The van der Waals surface area contributed by atoms with Gasteiger partial charge in [0.25, 0.3) is 0 Å². The van der Waals surface area contributed by atoms with Crippen molar-refractivity contribution in [1.82, 2.24) is 35.1 Å². The number of pyridine rings is 3. The lowest BCUT2D eigenvalue weighted by Gasteiger charge is -2.08. The van der Waals surface area contributed by atoms with E-state index in [9.17, 15) is 4.79 Å². The van der Waals surface area contributed by atoms with Crippen LogP contribution < -0.4 is 5.32 Å². The third kappa shape index (κ3) is 4.47. The first-order valence-electron chi connectivity index (χ1n) is 12.0. The molecule has 0 saturated carbocycles. The Kier molecular flexibility index (Phi) is 5.72. The summed E-state index contributed by atoms with van der Waals surface area (Å²) in [5.41, 5.74) is 6.21. The molecule has 10 heteroatoms. The monoisotopic (exact) mass is 508 g/mol. The number of nitrogens with one attached hydrogen (secondary N) is 3. The SMILES string of the molecule is Cc1ccc(-c2nccc3[nH]c(-c4n[nH]c5ncc(-c6cncc(NC(=O)CC(C)C)c6)cc45)nc23)s1. The van der Waals surface area contributed by atoms with Gasteiger partial charge in [0, 0.05) is 41.0 Å². The van der Waals surface area contributed by atoms with Crippen LogP contribution in [0.3, 0.4) is 0 Å². The molecule has 37 heavy (non-hydrogen) atoms. The van der Waals surface area contributed by atoms with E-state index in [1.165, 1.54) is 4.88 Å². The van der Waals surface area contributed by atoms with E-state index in [0.717, 1.165) is 38.1 Å². The number of aromatic nitrogens is 7. The van der Waals surface area contributed by atoms with E-state index in [0.29, 0.717) is 29.3 Å². The molecular formula is C27H24N8OS. The zero-order chi connectivity index (χ0) is 25.5. The van der Waals surface area contributed by atoms with Crippen molar-refractivity contribution in [2.24, 2.45) is 5.92 Å². The largest absolute Gasteiger partial charge is 0.336 e. The van der Waals surface area contributed by atoms with Crippen molar-refractivity contribution >= 4 is 45.0 Å². The van der Waals surface area contributed by atoms with Crippen LogP contribution in [0.25, 0.3) is 55.3 Å². The normalized spacial score (nSPS) is 11.6. The molecule has 0 fully saturated rings. The summed E-state index contributed by atoms with van der Waals surface area (Å²) < 4.78 is 0. The van der Waals surface area contributed by atoms with Gasteiger partial charge in [-0.1, -0.05) is 13.8 Å². The predicted octanol–water partition coefficient (Wildman–Crippen LogP) is 5.98. The fourth-order valence-corrected chi connectivity index (χ4v) is 5.15. The molecule has 6 aromatic rings. The molecule has 0 aliphatic rings. The molecule has 184 valence electrons. The number of aryl methyl sites for hydroxylation is 1. The average molecular weight is 509 g/mol. The van der Waals surface area contributed by atoms with Crippen LogP contribution in [0, 0.1) is 12.8 Å². The van der Waals surface area contributed by atoms with Crippen molar-refractivity contribution < 1.29 is 4.79 Å². The number of amides is 1. The molecule has 0 unspecified atom stereocenters. The number of anilines is 1. The van der Waals surface area contributed by atoms with Crippen LogP contribution in [0.15, 0.2) is 55.1 Å². The number of carbonyl (C=O) groups is 1. The number of H-pyrrole nitrogens is 2. The molecule has 6 rings (SSSR count). The maximum atomic E-state index is 12.2. The fraction of sp³-hybridized carbons (Fsp3) is 0.185. The molecule has 0 saturated heterocycles. The number of nitrogens with zero attached hydrogens (tertiary/aromatic N) is 5. The number of aromatic amines is 2. The van der Waals surface area contributed by atoms with Crippen LogP contribution in [0.2, 0.25) is 0 Å².